The molecular weight excluding hydrogens is 504 g/mol. The van der Waals surface area contributed by atoms with Gasteiger partial charge in [0.25, 0.3) is 0 Å². The lowest BCUT2D eigenvalue weighted by Gasteiger charge is -2.62. The van der Waals surface area contributed by atoms with Crippen LogP contribution in [0, 0.1) is 46.3 Å². The van der Waals surface area contributed by atoms with Gasteiger partial charge in [0, 0.05) is 25.3 Å². The van der Waals surface area contributed by atoms with Crippen LogP contribution in [0.15, 0.2) is 24.3 Å². The van der Waals surface area contributed by atoms with Crippen LogP contribution < -0.4 is 0 Å². The second-order valence-corrected chi connectivity index (χ2v) is 13.6. The summed E-state index contributed by atoms with van der Waals surface area (Å²) in [6.45, 7) is 12.6. The van der Waals surface area contributed by atoms with E-state index in [-0.39, 0.29) is 40.9 Å². The molecule has 0 spiro atoms. The third-order valence-electron chi connectivity index (χ3n) is 11.6. The Labute approximate surface area is 241 Å². The van der Waals surface area contributed by atoms with Gasteiger partial charge in [-0.1, -0.05) is 39.0 Å². The van der Waals surface area contributed by atoms with E-state index < -0.39 is 0 Å². The van der Waals surface area contributed by atoms with Gasteiger partial charge in [0.05, 0.1) is 6.61 Å². The van der Waals surface area contributed by atoms with Crippen molar-refractivity contribution in [2.24, 2.45) is 46.3 Å². The van der Waals surface area contributed by atoms with Crippen molar-refractivity contribution < 1.29 is 28.6 Å². The Balaban J connectivity index is 1.47. The Morgan fingerprint density at radius 3 is 2.38 bits per heavy atom. The summed E-state index contributed by atoms with van der Waals surface area (Å²) in [4.78, 5) is 35.6. The predicted octanol–water partition coefficient (Wildman–Crippen LogP) is 7.21. The molecular formula is C34H52O6. The van der Waals surface area contributed by atoms with E-state index in [1.807, 2.05) is 6.08 Å². The fourth-order valence-corrected chi connectivity index (χ4v) is 9.89. The Morgan fingerprint density at radius 1 is 0.925 bits per heavy atom. The highest BCUT2D eigenvalue weighted by molar-refractivity contribution is 5.82. The van der Waals surface area contributed by atoms with Crippen molar-refractivity contribution in [1.82, 2.24) is 0 Å². The number of allylic oxidation sites excluding steroid dienone is 3. The van der Waals surface area contributed by atoms with Crippen LogP contribution in [0.5, 0.6) is 0 Å². The molecule has 4 aliphatic carbocycles. The highest BCUT2D eigenvalue weighted by Crippen LogP contribution is 2.69. The van der Waals surface area contributed by atoms with Crippen LogP contribution in [0.3, 0.4) is 0 Å². The Morgan fingerprint density at radius 2 is 1.68 bits per heavy atom. The molecule has 0 aromatic rings. The fourth-order valence-electron chi connectivity index (χ4n) is 9.89. The van der Waals surface area contributed by atoms with Crippen LogP contribution in [0.25, 0.3) is 0 Å². The van der Waals surface area contributed by atoms with E-state index >= 15 is 0 Å². The topological polar surface area (TPSA) is 78.9 Å². The maximum atomic E-state index is 12.4. The van der Waals surface area contributed by atoms with Crippen LogP contribution in [-0.2, 0) is 28.6 Å². The van der Waals surface area contributed by atoms with E-state index in [9.17, 15) is 14.4 Å². The molecule has 0 aliphatic heterocycles. The molecule has 0 saturated heterocycles. The van der Waals surface area contributed by atoms with Gasteiger partial charge in [0.2, 0.25) is 0 Å². The lowest BCUT2D eigenvalue weighted by Crippen LogP contribution is -2.59. The van der Waals surface area contributed by atoms with Crippen LogP contribution >= 0.6 is 0 Å². The summed E-state index contributed by atoms with van der Waals surface area (Å²) in [7, 11) is 0. The summed E-state index contributed by atoms with van der Waals surface area (Å²) in [6, 6.07) is 0. The number of ether oxygens (including phenoxy) is 3. The molecule has 4 aliphatic rings. The SMILES string of the molecule is CCOC(=O)C=CC=CCCC(C)[C@H]1CCC2C3CC[C@@H]4C[C@H](OC(C)=O)CC[C@]4(C)C3C[C@H](OC(C)=O)[C@@]21C. The predicted molar refractivity (Wildman–Crippen MR) is 155 cm³/mol. The smallest absolute Gasteiger partial charge is 0.330 e. The largest absolute Gasteiger partial charge is 0.463 e. The molecule has 0 heterocycles. The molecule has 4 fully saturated rings. The minimum absolute atomic E-state index is 0.00206. The van der Waals surface area contributed by atoms with Gasteiger partial charge in [0.15, 0.2) is 0 Å². The molecule has 0 aromatic carbocycles. The molecule has 224 valence electrons. The summed E-state index contributed by atoms with van der Waals surface area (Å²) in [5.74, 6) is 2.78. The van der Waals surface area contributed by atoms with Gasteiger partial charge in [-0.05, 0) is 112 Å². The molecule has 10 atom stereocenters. The van der Waals surface area contributed by atoms with E-state index in [0.29, 0.717) is 42.1 Å². The number of hydrogen-bond donors (Lipinski definition) is 0. The quantitative estimate of drug-likeness (QED) is 0.129. The van der Waals surface area contributed by atoms with Crippen molar-refractivity contribution >= 4 is 17.9 Å². The average Bonchev–Trinajstić information content (AvgIpc) is 3.25. The minimum Gasteiger partial charge on any atom is -0.463 e. The normalized spacial score (nSPS) is 39.7. The molecule has 0 bridgehead atoms. The van der Waals surface area contributed by atoms with Crippen LogP contribution in [0.2, 0.25) is 0 Å². The molecule has 40 heavy (non-hydrogen) atoms. The van der Waals surface area contributed by atoms with Gasteiger partial charge < -0.3 is 14.2 Å². The zero-order valence-corrected chi connectivity index (χ0v) is 25.7. The number of fused-ring (bicyclic) bond motifs is 5. The van der Waals surface area contributed by atoms with Gasteiger partial charge in [0.1, 0.15) is 12.2 Å². The van der Waals surface area contributed by atoms with Gasteiger partial charge in [-0.25, -0.2) is 4.79 Å². The molecule has 4 saturated carbocycles. The Bertz CT molecular complexity index is 985. The summed E-state index contributed by atoms with van der Waals surface area (Å²) in [5.41, 5.74) is 0.211. The number of rotatable bonds is 9. The third-order valence-corrected chi connectivity index (χ3v) is 11.6. The van der Waals surface area contributed by atoms with Crippen LogP contribution in [-0.4, -0.2) is 36.7 Å². The summed E-state index contributed by atoms with van der Waals surface area (Å²) < 4.78 is 16.8. The molecule has 0 amide bonds. The molecule has 6 nitrogen and oxygen atoms in total. The lowest BCUT2D eigenvalue weighted by molar-refractivity contribution is -0.197. The van der Waals surface area contributed by atoms with Gasteiger partial charge >= 0.3 is 17.9 Å². The zero-order valence-electron chi connectivity index (χ0n) is 25.7. The standard InChI is InChI=1S/C34H52O6/c1-7-38-32(37)13-11-9-8-10-12-22(2)28-16-17-29-27-15-14-25-20-26(39-23(3)35)18-19-33(25,5)30(27)21-31(34(28,29)6)40-24(4)36/h8-9,11,13,22,25-31H,7,10,12,14-21H2,1-6H3/t22?,25-,26-,27?,28-,29?,30?,31+,33+,34-/m1/s1. The van der Waals surface area contributed by atoms with Crippen molar-refractivity contribution in [3.05, 3.63) is 24.3 Å². The van der Waals surface area contributed by atoms with E-state index in [0.717, 1.165) is 38.5 Å². The van der Waals surface area contributed by atoms with E-state index in [4.69, 9.17) is 14.2 Å². The van der Waals surface area contributed by atoms with Crippen LogP contribution in [0.1, 0.15) is 106 Å². The average molecular weight is 557 g/mol. The maximum Gasteiger partial charge on any atom is 0.330 e. The highest BCUT2D eigenvalue weighted by Gasteiger charge is 2.65. The summed E-state index contributed by atoms with van der Waals surface area (Å²) >= 11 is 0. The van der Waals surface area contributed by atoms with Gasteiger partial charge in [-0.15, -0.1) is 0 Å². The number of hydrogen-bond acceptors (Lipinski definition) is 6. The lowest BCUT2D eigenvalue weighted by atomic mass is 9.43. The second kappa shape index (κ2) is 12.8. The number of esters is 3. The molecule has 4 rings (SSSR count). The Hall–Kier alpha value is -2.11. The van der Waals surface area contributed by atoms with Crippen molar-refractivity contribution in [2.45, 2.75) is 118 Å². The first kappa shape index (κ1) is 30.8. The second-order valence-electron chi connectivity index (χ2n) is 13.6. The Kier molecular flexibility index (Phi) is 9.88. The molecule has 6 heteroatoms. The first-order valence-electron chi connectivity index (χ1n) is 15.8. The van der Waals surface area contributed by atoms with Crippen molar-refractivity contribution in [2.75, 3.05) is 6.61 Å². The molecule has 4 unspecified atom stereocenters. The summed E-state index contributed by atoms with van der Waals surface area (Å²) in [5, 5.41) is 0. The first-order valence-corrected chi connectivity index (χ1v) is 15.8. The maximum absolute atomic E-state index is 12.4. The molecule has 0 aromatic heterocycles. The summed E-state index contributed by atoms with van der Waals surface area (Å²) in [6.07, 6.45) is 18.2. The minimum atomic E-state index is -0.308. The van der Waals surface area contributed by atoms with E-state index in [1.54, 1.807) is 19.9 Å². The van der Waals surface area contributed by atoms with E-state index in [1.165, 1.54) is 38.7 Å². The van der Waals surface area contributed by atoms with Crippen molar-refractivity contribution in [3.8, 4) is 0 Å². The van der Waals surface area contributed by atoms with Crippen molar-refractivity contribution in [3.63, 3.8) is 0 Å². The number of carbonyl (C=O) groups is 3. The monoisotopic (exact) mass is 556 g/mol. The van der Waals surface area contributed by atoms with Gasteiger partial charge in [-0.3, -0.25) is 9.59 Å². The van der Waals surface area contributed by atoms with Crippen molar-refractivity contribution in [1.29, 1.82) is 0 Å². The fraction of sp³-hybridized carbons (Fsp3) is 0.794. The van der Waals surface area contributed by atoms with Crippen LogP contribution in [0.4, 0.5) is 0 Å². The van der Waals surface area contributed by atoms with E-state index in [2.05, 4.69) is 26.8 Å². The highest BCUT2D eigenvalue weighted by atomic mass is 16.5. The number of carbonyl (C=O) groups excluding carboxylic acids is 3. The molecule has 0 radical (unpaired) electrons. The van der Waals surface area contributed by atoms with Gasteiger partial charge in [-0.2, -0.15) is 0 Å². The third kappa shape index (κ3) is 6.21. The zero-order chi connectivity index (χ0) is 29.1. The molecule has 0 N–H and O–H groups in total. The first-order chi connectivity index (χ1) is 19.0.